The second-order valence-corrected chi connectivity index (χ2v) is 5.64. The Hall–Kier alpha value is -0.780. The molecular formula is C14H17BrFNO2. The van der Waals surface area contributed by atoms with E-state index in [4.69, 9.17) is 4.74 Å². The molecule has 1 heterocycles. The Morgan fingerprint density at radius 3 is 2.95 bits per heavy atom. The summed E-state index contributed by atoms with van der Waals surface area (Å²) in [5.41, 5.74) is 0.694. The van der Waals surface area contributed by atoms with Crippen molar-refractivity contribution in [2.75, 3.05) is 19.8 Å². The van der Waals surface area contributed by atoms with Gasteiger partial charge in [-0.2, -0.15) is 0 Å². The molecule has 0 aromatic heterocycles. The van der Waals surface area contributed by atoms with E-state index in [2.05, 4.69) is 21.2 Å². The second-order valence-electron chi connectivity index (χ2n) is 4.73. The molecule has 0 radical (unpaired) electrons. The van der Waals surface area contributed by atoms with Crippen molar-refractivity contribution in [1.82, 2.24) is 5.32 Å². The van der Waals surface area contributed by atoms with Gasteiger partial charge in [0, 0.05) is 16.9 Å². The lowest BCUT2D eigenvalue weighted by molar-refractivity contribution is -0.122. The third kappa shape index (κ3) is 3.84. The molecule has 0 spiro atoms. The van der Waals surface area contributed by atoms with Crippen molar-refractivity contribution < 1.29 is 13.9 Å². The van der Waals surface area contributed by atoms with Gasteiger partial charge in [-0.25, -0.2) is 4.39 Å². The molecular weight excluding hydrogens is 313 g/mol. The van der Waals surface area contributed by atoms with Gasteiger partial charge in [0.1, 0.15) is 11.6 Å². The van der Waals surface area contributed by atoms with Crippen molar-refractivity contribution in [3.63, 3.8) is 0 Å². The van der Waals surface area contributed by atoms with Gasteiger partial charge in [-0.15, -0.1) is 0 Å². The molecule has 1 N–H and O–H groups in total. The van der Waals surface area contributed by atoms with Crippen LogP contribution < -0.4 is 5.32 Å². The van der Waals surface area contributed by atoms with E-state index >= 15 is 0 Å². The summed E-state index contributed by atoms with van der Waals surface area (Å²) >= 11 is 3.23. The third-order valence-electron chi connectivity index (χ3n) is 3.26. The van der Waals surface area contributed by atoms with Crippen molar-refractivity contribution in [3.8, 4) is 0 Å². The highest BCUT2D eigenvalue weighted by Crippen LogP contribution is 2.20. The molecule has 0 bridgehead atoms. The van der Waals surface area contributed by atoms with Crippen LogP contribution in [0.3, 0.4) is 0 Å². The first kappa shape index (κ1) is 14.6. The lowest BCUT2D eigenvalue weighted by Gasteiger charge is -2.17. The van der Waals surface area contributed by atoms with Gasteiger partial charge in [-0.3, -0.25) is 4.79 Å². The zero-order chi connectivity index (χ0) is 13.8. The first-order valence-electron chi connectivity index (χ1n) is 6.39. The molecule has 0 amide bonds. The Morgan fingerprint density at radius 2 is 2.26 bits per heavy atom. The maximum atomic E-state index is 13.3. The number of hydrogen-bond acceptors (Lipinski definition) is 3. The van der Waals surface area contributed by atoms with E-state index in [1.165, 1.54) is 12.1 Å². The smallest absolute Gasteiger partial charge is 0.144 e. The van der Waals surface area contributed by atoms with Crippen LogP contribution >= 0.6 is 15.9 Å². The highest BCUT2D eigenvalue weighted by Gasteiger charge is 2.33. The van der Waals surface area contributed by atoms with Crippen LogP contribution in [-0.2, 0) is 16.0 Å². The van der Waals surface area contributed by atoms with Crippen molar-refractivity contribution in [2.24, 2.45) is 5.92 Å². The molecule has 0 saturated carbocycles. The summed E-state index contributed by atoms with van der Waals surface area (Å²) in [7, 11) is 0. The molecule has 5 heteroatoms. The predicted octanol–water partition coefficient (Wildman–Crippen LogP) is 2.32. The molecule has 1 saturated heterocycles. The minimum Gasteiger partial charge on any atom is -0.379 e. The van der Waals surface area contributed by atoms with Gasteiger partial charge in [-0.1, -0.05) is 22.9 Å². The van der Waals surface area contributed by atoms with E-state index < -0.39 is 0 Å². The van der Waals surface area contributed by atoms with Gasteiger partial charge in [-0.05, 0) is 30.3 Å². The topological polar surface area (TPSA) is 38.3 Å². The fraction of sp³-hybridized carbons (Fsp3) is 0.500. The number of nitrogens with one attached hydrogen (secondary N) is 1. The van der Waals surface area contributed by atoms with E-state index in [0.717, 1.165) is 6.54 Å². The van der Waals surface area contributed by atoms with Crippen LogP contribution in [0.15, 0.2) is 22.7 Å². The van der Waals surface area contributed by atoms with Crippen LogP contribution in [0.25, 0.3) is 0 Å². The van der Waals surface area contributed by atoms with Gasteiger partial charge >= 0.3 is 0 Å². The number of carbonyl (C=O) groups excluding carboxylic acids is 1. The molecule has 0 aliphatic carbocycles. The lowest BCUT2D eigenvalue weighted by Crippen LogP contribution is -2.39. The summed E-state index contributed by atoms with van der Waals surface area (Å²) in [6.45, 7) is 3.83. The van der Waals surface area contributed by atoms with Gasteiger partial charge < -0.3 is 10.1 Å². The Labute approximate surface area is 120 Å². The molecule has 1 fully saturated rings. The zero-order valence-corrected chi connectivity index (χ0v) is 12.4. The van der Waals surface area contributed by atoms with Crippen LogP contribution in [0, 0.1) is 11.7 Å². The minimum absolute atomic E-state index is 0.0782. The molecule has 2 rings (SSSR count). The monoisotopic (exact) mass is 329 g/mol. The molecule has 1 aromatic rings. The molecule has 1 aliphatic heterocycles. The van der Waals surface area contributed by atoms with Crippen molar-refractivity contribution in [1.29, 1.82) is 0 Å². The number of rotatable bonds is 5. The van der Waals surface area contributed by atoms with Crippen molar-refractivity contribution in [2.45, 2.75) is 19.4 Å². The van der Waals surface area contributed by atoms with Gasteiger partial charge in [0.05, 0.1) is 19.1 Å². The molecule has 3 nitrogen and oxygen atoms in total. The van der Waals surface area contributed by atoms with Crippen LogP contribution in [-0.4, -0.2) is 31.6 Å². The summed E-state index contributed by atoms with van der Waals surface area (Å²) < 4.78 is 19.3. The Kier molecular flexibility index (Phi) is 5.07. The normalized spacial score (nSPS) is 22.7. The highest BCUT2D eigenvalue weighted by molar-refractivity contribution is 9.10. The number of likely N-dealkylation sites (N-methyl/N-ethyl adjacent to an activating group) is 1. The number of hydrogen-bond donors (Lipinski definition) is 1. The molecule has 19 heavy (non-hydrogen) atoms. The molecule has 1 aliphatic rings. The van der Waals surface area contributed by atoms with Crippen LogP contribution in [0.5, 0.6) is 0 Å². The number of carbonyl (C=O) groups is 1. The van der Waals surface area contributed by atoms with Crippen LogP contribution in [0.1, 0.15) is 12.5 Å². The second kappa shape index (κ2) is 6.59. The van der Waals surface area contributed by atoms with E-state index in [0.29, 0.717) is 23.2 Å². The molecule has 2 unspecified atom stereocenters. The predicted molar refractivity (Wildman–Crippen MR) is 74.6 cm³/mol. The highest BCUT2D eigenvalue weighted by atomic mass is 79.9. The van der Waals surface area contributed by atoms with Gasteiger partial charge in [0.15, 0.2) is 0 Å². The van der Waals surface area contributed by atoms with Crippen molar-refractivity contribution >= 4 is 21.7 Å². The average Bonchev–Trinajstić information content (AvgIpc) is 2.76. The minimum atomic E-state index is -0.330. The van der Waals surface area contributed by atoms with E-state index in [9.17, 15) is 9.18 Å². The van der Waals surface area contributed by atoms with Gasteiger partial charge in [0.2, 0.25) is 0 Å². The van der Waals surface area contributed by atoms with Gasteiger partial charge in [0.25, 0.3) is 0 Å². The number of ketones is 1. The number of benzene rings is 1. The first-order chi connectivity index (χ1) is 9.10. The summed E-state index contributed by atoms with van der Waals surface area (Å²) in [5, 5.41) is 3.25. The summed E-state index contributed by atoms with van der Waals surface area (Å²) in [5.74, 6) is -0.369. The average molecular weight is 330 g/mol. The summed E-state index contributed by atoms with van der Waals surface area (Å²) in [6, 6.07) is 4.64. The fourth-order valence-electron chi connectivity index (χ4n) is 2.38. The summed E-state index contributed by atoms with van der Waals surface area (Å²) in [6.07, 6.45) is 0.242. The molecule has 104 valence electrons. The quantitative estimate of drug-likeness (QED) is 0.901. The van der Waals surface area contributed by atoms with E-state index in [-0.39, 0.29) is 30.0 Å². The first-order valence-corrected chi connectivity index (χ1v) is 7.18. The van der Waals surface area contributed by atoms with E-state index in [1.54, 1.807) is 6.07 Å². The summed E-state index contributed by atoms with van der Waals surface area (Å²) in [4.78, 5) is 12.3. The largest absolute Gasteiger partial charge is 0.379 e. The Morgan fingerprint density at radius 1 is 1.47 bits per heavy atom. The maximum absolute atomic E-state index is 13.3. The Bertz CT molecular complexity index is 447. The Balaban J connectivity index is 2.04. The SMILES string of the molecule is CCNC1COCC1C(=O)Cc1cc(F)cc(Br)c1. The lowest BCUT2D eigenvalue weighted by atomic mass is 9.93. The number of Topliss-reactive ketones (excluding diaryl/α,β-unsaturated/α-hetero) is 1. The zero-order valence-electron chi connectivity index (χ0n) is 10.8. The van der Waals surface area contributed by atoms with E-state index in [1.807, 2.05) is 6.92 Å². The number of halogens is 2. The standard InChI is InChI=1S/C14H17BrFNO2/c1-2-17-13-8-19-7-12(13)14(18)5-9-3-10(15)6-11(16)4-9/h3-4,6,12-13,17H,2,5,7-8H2,1H3. The third-order valence-corrected chi connectivity index (χ3v) is 3.72. The van der Waals surface area contributed by atoms with Crippen LogP contribution in [0.4, 0.5) is 4.39 Å². The number of ether oxygens (including phenoxy) is 1. The van der Waals surface area contributed by atoms with Crippen molar-refractivity contribution in [3.05, 3.63) is 34.1 Å². The maximum Gasteiger partial charge on any atom is 0.144 e. The fourth-order valence-corrected chi connectivity index (χ4v) is 2.89. The molecule has 2 atom stereocenters. The van der Waals surface area contributed by atoms with Crippen LogP contribution in [0.2, 0.25) is 0 Å². The molecule has 1 aromatic carbocycles.